The van der Waals surface area contributed by atoms with E-state index in [1.165, 1.54) is 0 Å². The molecule has 11 nitrogen and oxygen atoms in total. The van der Waals surface area contributed by atoms with E-state index in [4.69, 9.17) is 14.7 Å². The van der Waals surface area contributed by atoms with E-state index in [2.05, 4.69) is 15.2 Å². The highest BCUT2D eigenvalue weighted by Gasteiger charge is 2.40. The molecule has 0 aromatic carbocycles. The van der Waals surface area contributed by atoms with E-state index < -0.39 is 54.8 Å². The molecule has 142 valence electrons. The van der Waals surface area contributed by atoms with Crippen LogP contribution in [0.4, 0.5) is 0 Å². The maximum Gasteiger partial charge on any atom is 0.303 e. The van der Waals surface area contributed by atoms with Gasteiger partial charge in [0, 0.05) is 27.7 Å². The van der Waals surface area contributed by atoms with Gasteiger partial charge < -0.3 is 29.8 Å². The maximum atomic E-state index is 11.4. The molecule has 0 heterocycles. The fourth-order valence-electron chi connectivity index (χ4n) is 1.90. The average Bonchev–Trinajstić information content (AvgIpc) is 2.47. The lowest BCUT2D eigenvalue weighted by atomic mass is 10.0. The van der Waals surface area contributed by atoms with Gasteiger partial charge in [0.25, 0.3) is 0 Å². The van der Waals surface area contributed by atoms with E-state index in [9.17, 15) is 24.3 Å². The lowest BCUT2D eigenvalue weighted by molar-refractivity contribution is -0.180. The Balaban J connectivity index is 5.69. The molecule has 0 aromatic rings. The van der Waals surface area contributed by atoms with Gasteiger partial charge in [-0.2, -0.15) is 0 Å². The minimum absolute atomic E-state index is 0.561. The molecule has 0 unspecified atom stereocenters. The molecule has 0 rings (SSSR count). The van der Waals surface area contributed by atoms with Crippen molar-refractivity contribution in [1.29, 1.82) is 0 Å². The Kier molecular flexibility index (Phi) is 9.79. The first-order valence-corrected chi connectivity index (χ1v) is 7.19. The van der Waals surface area contributed by atoms with Crippen molar-refractivity contribution in [1.82, 2.24) is 5.32 Å². The summed E-state index contributed by atoms with van der Waals surface area (Å²) < 4.78 is 14.6. The highest BCUT2D eigenvalue weighted by atomic mass is 16.6. The summed E-state index contributed by atoms with van der Waals surface area (Å²) in [6.45, 7) is 3.80. The van der Waals surface area contributed by atoms with Gasteiger partial charge in [-0.25, -0.2) is 0 Å². The predicted molar refractivity (Wildman–Crippen MR) is 81.6 cm³/mol. The summed E-state index contributed by atoms with van der Waals surface area (Å²) in [7, 11) is 0. The van der Waals surface area contributed by atoms with Crippen LogP contribution in [-0.2, 0) is 33.4 Å². The molecule has 0 aromatic heterocycles. The Labute approximate surface area is 143 Å². The smallest absolute Gasteiger partial charge is 0.303 e. The molecular formula is C14H22N2O9. The quantitative estimate of drug-likeness (QED) is 0.149. The second-order valence-electron chi connectivity index (χ2n) is 5.01. The Morgan fingerprint density at radius 3 is 1.92 bits per heavy atom. The van der Waals surface area contributed by atoms with Gasteiger partial charge >= 0.3 is 17.9 Å². The van der Waals surface area contributed by atoms with E-state index in [1.54, 1.807) is 0 Å². The first kappa shape index (κ1) is 22.3. The van der Waals surface area contributed by atoms with Crippen LogP contribution in [0.1, 0.15) is 27.7 Å². The lowest BCUT2D eigenvalue weighted by Crippen LogP contribution is -2.56. The third-order valence-electron chi connectivity index (χ3n) is 2.72. The Bertz CT molecular complexity index is 520. The van der Waals surface area contributed by atoms with Crippen molar-refractivity contribution in [3.05, 3.63) is 0 Å². The second kappa shape index (κ2) is 11.0. The van der Waals surface area contributed by atoms with E-state index in [1.807, 2.05) is 0 Å². The molecule has 0 spiro atoms. The predicted octanol–water partition coefficient (Wildman–Crippen LogP) is -1.26. The first-order valence-electron chi connectivity index (χ1n) is 7.19. The van der Waals surface area contributed by atoms with Crippen LogP contribution >= 0.6 is 0 Å². The maximum absolute atomic E-state index is 11.4. The fraction of sp³-hybridized carbons (Fsp3) is 0.643. The summed E-state index contributed by atoms with van der Waals surface area (Å²) in [5, 5.41) is 24.0. The zero-order valence-electron chi connectivity index (χ0n) is 14.3. The number of nitrogens with zero attached hydrogens (tertiary/aromatic N) is 1. The number of hydrogen-bond donors (Lipinski definition) is 3. The molecule has 0 aliphatic heterocycles. The highest BCUT2D eigenvalue weighted by Crippen LogP contribution is 2.15. The minimum atomic E-state index is -1.58. The monoisotopic (exact) mass is 362 g/mol. The van der Waals surface area contributed by atoms with Crippen LogP contribution in [0.25, 0.3) is 0 Å². The van der Waals surface area contributed by atoms with Crippen molar-refractivity contribution in [3.8, 4) is 0 Å². The van der Waals surface area contributed by atoms with Crippen LogP contribution in [0, 0.1) is 0 Å². The Hall–Kier alpha value is -2.69. The molecule has 0 bridgehead atoms. The zero-order chi connectivity index (χ0) is 19.6. The third kappa shape index (κ3) is 9.25. The number of esters is 3. The van der Waals surface area contributed by atoms with Crippen molar-refractivity contribution in [2.75, 3.05) is 6.61 Å². The van der Waals surface area contributed by atoms with Gasteiger partial charge in [0.05, 0.1) is 6.21 Å². The van der Waals surface area contributed by atoms with Crippen molar-refractivity contribution in [3.63, 3.8) is 0 Å². The molecule has 3 N–H and O–H groups in total. The van der Waals surface area contributed by atoms with Gasteiger partial charge in [-0.3, -0.25) is 19.2 Å². The number of nitrogens with one attached hydrogen (secondary N) is 1. The lowest BCUT2D eigenvalue weighted by Gasteiger charge is -2.33. The van der Waals surface area contributed by atoms with E-state index in [0.29, 0.717) is 0 Å². The number of oxime groups is 1. The van der Waals surface area contributed by atoms with Gasteiger partial charge in [-0.05, 0) is 0 Å². The van der Waals surface area contributed by atoms with Crippen LogP contribution in [-0.4, -0.2) is 71.3 Å². The van der Waals surface area contributed by atoms with Crippen LogP contribution in [0.3, 0.4) is 0 Å². The van der Waals surface area contributed by atoms with Gasteiger partial charge in [0.1, 0.15) is 18.8 Å². The topological polar surface area (TPSA) is 161 Å². The van der Waals surface area contributed by atoms with Crippen molar-refractivity contribution < 1.29 is 43.7 Å². The standard InChI is InChI=1S/C14H22N2O9/c1-7(17)16-11(5-15-22)13(24-9(3)19)14(25-10(4)20)12(21)6-23-8(2)18/h5,11-14,21-22H,6H2,1-4H3,(H,16,17)/b15-5+/t11-,12+,13+,14+/m0/s1. The van der Waals surface area contributed by atoms with Crippen molar-refractivity contribution in [2.24, 2.45) is 5.16 Å². The molecule has 1 amide bonds. The number of carbonyl (C=O) groups excluding carboxylic acids is 4. The van der Waals surface area contributed by atoms with Crippen LogP contribution in [0.5, 0.6) is 0 Å². The van der Waals surface area contributed by atoms with Gasteiger partial charge in [0.2, 0.25) is 5.91 Å². The Morgan fingerprint density at radius 2 is 1.52 bits per heavy atom. The molecule has 0 aliphatic rings. The largest absolute Gasteiger partial charge is 0.463 e. The van der Waals surface area contributed by atoms with Crippen LogP contribution in [0.15, 0.2) is 5.16 Å². The van der Waals surface area contributed by atoms with Crippen molar-refractivity contribution >= 4 is 30.0 Å². The second-order valence-corrected chi connectivity index (χ2v) is 5.01. The molecule has 25 heavy (non-hydrogen) atoms. The SMILES string of the molecule is CC(=O)N[C@@H](/C=N/O)[C@@H](OC(C)=O)[C@H](OC(C)=O)[C@H](O)COC(C)=O. The molecule has 0 fully saturated rings. The molecule has 0 saturated heterocycles. The van der Waals surface area contributed by atoms with E-state index in [0.717, 1.165) is 33.9 Å². The molecular weight excluding hydrogens is 340 g/mol. The van der Waals surface area contributed by atoms with Gasteiger partial charge in [-0.15, -0.1) is 0 Å². The molecule has 11 heteroatoms. The van der Waals surface area contributed by atoms with Gasteiger partial charge in [-0.1, -0.05) is 5.16 Å². The van der Waals surface area contributed by atoms with E-state index in [-0.39, 0.29) is 0 Å². The normalized spacial score (nSPS) is 15.6. The number of aliphatic hydroxyl groups excluding tert-OH is 1. The molecule has 4 atom stereocenters. The summed E-state index contributed by atoms with van der Waals surface area (Å²) >= 11 is 0. The molecule has 0 radical (unpaired) electrons. The third-order valence-corrected chi connectivity index (χ3v) is 2.72. The summed E-state index contributed by atoms with van der Waals surface area (Å²) in [5.74, 6) is -2.91. The van der Waals surface area contributed by atoms with Gasteiger partial charge in [0.15, 0.2) is 12.2 Å². The van der Waals surface area contributed by atoms with Crippen LogP contribution in [0.2, 0.25) is 0 Å². The van der Waals surface area contributed by atoms with Crippen LogP contribution < -0.4 is 5.32 Å². The molecule has 0 aliphatic carbocycles. The number of amides is 1. The van der Waals surface area contributed by atoms with E-state index >= 15 is 0 Å². The summed E-state index contributed by atoms with van der Waals surface area (Å²) in [6, 6.07) is -1.23. The summed E-state index contributed by atoms with van der Waals surface area (Å²) in [6.07, 6.45) is -3.73. The Morgan fingerprint density at radius 1 is 1.00 bits per heavy atom. The fourth-order valence-corrected chi connectivity index (χ4v) is 1.90. The summed E-state index contributed by atoms with van der Waals surface area (Å²) in [5.41, 5.74) is 0. The minimum Gasteiger partial charge on any atom is -0.463 e. The zero-order valence-corrected chi connectivity index (χ0v) is 14.3. The number of ether oxygens (including phenoxy) is 3. The number of aliphatic hydroxyl groups is 1. The van der Waals surface area contributed by atoms with Crippen molar-refractivity contribution in [2.45, 2.75) is 52.0 Å². The first-order chi connectivity index (χ1) is 11.6. The average molecular weight is 362 g/mol. The number of hydrogen-bond acceptors (Lipinski definition) is 10. The summed E-state index contributed by atoms with van der Waals surface area (Å²) in [4.78, 5) is 44.9. The number of rotatable bonds is 9. The number of carbonyl (C=O) groups is 4. The highest BCUT2D eigenvalue weighted by molar-refractivity contribution is 5.79. The molecule has 0 saturated carbocycles.